The third-order valence-corrected chi connectivity index (χ3v) is 4.13. The van der Waals surface area contributed by atoms with Crippen molar-refractivity contribution in [3.8, 4) is 0 Å². The molecule has 0 heterocycles. The van der Waals surface area contributed by atoms with Gasteiger partial charge in [0.15, 0.2) is 0 Å². The highest BCUT2D eigenvalue weighted by Crippen LogP contribution is 2.34. The molecule has 6 heteroatoms. The van der Waals surface area contributed by atoms with E-state index in [1.165, 1.54) is 6.07 Å². The lowest BCUT2D eigenvalue weighted by Crippen LogP contribution is -2.22. The van der Waals surface area contributed by atoms with E-state index >= 15 is 0 Å². The molecule has 1 fully saturated rings. The molecule has 1 aliphatic rings. The summed E-state index contributed by atoms with van der Waals surface area (Å²) in [5.74, 6) is 0.175. The lowest BCUT2D eigenvalue weighted by Gasteiger charge is -2.17. The van der Waals surface area contributed by atoms with Crippen molar-refractivity contribution in [3.63, 3.8) is 0 Å². The van der Waals surface area contributed by atoms with Gasteiger partial charge >= 0.3 is 6.18 Å². The lowest BCUT2D eigenvalue weighted by atomic mass is 10.1. The van der Waals surface area contributed by atoms with E-state index in [2.05, 4.69) is 21.2 Å². The van der Waals surface area contributed by atoms with Gasteiger partial charge in [-0.1, -0.05) is 6.42 Å². The maximum atomic E-state index is 12.5. The van der Waals surface area contributed by atoms with E-state index in [4.69, 9.17) is 0 Å². The zero-order chi connectivity index (χ0) is 14.0. The molecule has 2 rings (SSSR count). The highest BCUT2D eigenvalue weighted by atomic mass is 79.9. The van der Waals surface area contributed by atoms with Crippen LogP contribution in [-0.4, -0.2) is 17.8 Å². The monoisotopic (exact) mass is 337 g/mol. The highest BCUT2D eigenvalue weighted by molar-refractivity contribution is 9.10. The summed E-state index contributed by atoms with van der Waals surface area (Å²) >= 11 is 3.14. The summed E-state index contributed by atoms with van der Waals surface area (Å²) in [6.45, 7) is 0.575. The fraction of sp³-hybridized carbons (Fsp3) is 0.538. The average molecular weight is 338 g/mol. The van der Waals surface area contributed by atoms with Gasteiger partial charge in [0.2, 0.25) is 0 Å². The van der Waals surface area contributed by atoms with E-state index in [-0.39, 0.29) is 12.0 Å². The predicted octanol–water partition coefficient (Wildman–Crippen LogP) is 4.04. The number of hydrogen-bond acceptors (Lipinski definition) is 2. The summed E-state index contributed by atoms with van der Waals surface area (Å²) in [6.07, 6.45) is -1.88. The Morgan fingerprint density at radius 2 is 2.05 bits per heavy atom. The Morgan fingerprint density at radius 3 is 2.58 bits per heavy atom. The van der Waals surface area contributed by atoms with E-state index in [9.17, 15) is 18.3 Å². The Labute approximate surface area is 118 Å². The number of anilines is 1. The molecule has 2 atom stereocenters. The van der Waals surface area contributed by atoms with Crippen molar-refractivity contribution in [3.05, 3.63) is 28.2 Å². The predicted molar refractivity (Wildman–Crippen MR) is 71.0 cm³/mol. The van der Waals surface area contributed by atoms with Crippen molar-refractivity contribution in [1.82, 2.24) is 0 Å². The van der Waals surface area contributed by atoms with Crippen LogP contribution in [0.1, 0.15) is 24.8 Å². The van der Waals surface area contributed by atoms with Crippen LogP contribution in [0.2, 0.25) is 0 Å². The number of alkyl halides is 3. The van der Waals surface area contributed by atoms with Crippen molar-refractivity contribution in [2.75, 3.05) is 11.9 Å². The van der Waals surface area contributed by atoms with Crippen LogP contribution in [0.4, 0.5) is 18.9 Å². The lowest BCUT2D eigenvalue weighted by molar-refractivity contribution is -0.137. The molecule has 0 bridgehead atoms. The van der Waals surface area contributed by atoms with E-state index < -0.39 is 11.7 Å². The fourth-order valence-electron chi connectivity index (χ4n) is 2.33. The summed E-state index contributed by atoms with van der Waals surface area (Å²) in [5, 5.41) is 12.8. The highest BCUT2D eigenvalue weighted by Gasteiger charge is 2.31. The van der Waals surface area contributed by atoms with Gasteiger partial charge in [0, 0.05) is 22.6 Å². The smallest absolute Gasteiger partial charge is 0.393 e. The first-order chi connectivity index (χ1) is 8.88. The Hall–Kier alpha value is -0.750. The molecule has 2 unspecified atom stereocenters. The SMILES string of the molecule is OC1CCCC1CNc1ccc(C(F)(F)F)cc1Br. The van der Waals surface area contributed by atoms with Gasteiger partial charge in [-0.05, 0) is 47.0 Å². The van der Waals surface area contributed by atoms with Crippen LogP contribution >= 0.6 is 15.9 Å². The van der Waals surface area contributed by atoms with Crippen LogP contribution in [0.5, 0.6) is 0 Å². The van der Waals surface area contributed by atoms with Crippen LogP contribution < -0.4 is 5.32 Å². The molecule has 0 aromatic heterocycles. The zero-order valence-electron chi connectivity index (χ0n) is 10.2. The van der Waals surface area contributed by atoms with Crippen molar-refractivity contribution >= 4 is 21.6 Å². The van der Waals surface area contributed by atoms with Crippen molar-refractivity contribution in [2.24, 2.45) is 5.92 Å². The Morgan fingerprint density at radius 1 is 1.32 bits per heavy atom. The summed E-state index contributed by atoms with van der Waals surface area (Å²) in [5.41, 5.74) is -0.0575. The Balaban J connectivity index is 2.01. The Kier molecular flexibility index (Phi) is 4.40. The summed E-state index contributed by atoms with van der Waals surface area (Å²) in [6, 6.07) is 3.53. The van der Waals surface area contributed by atoms with Crippen LogP contribution in [0.3, 0.4) is 0 Å². The molecule has 0 spiro atoms. The van der Waals surface area contributed by atoms with Gasteiger partial charge < -0.3 is 10.4 Å². The number of aliphatic hydroxyl groups excluding tert-OH is 1. The molecule has 1 aromatic carbocycles. The average Bonchev–Trinajstić information content (AvgIpc) is 2.72. The maximum absolute atomic E-state index is 12.5. The van der Waals surface area contributed by atoms with Crippen LogP contribution in [0.15, 0.2) is 22.7 Å². The van der Waals surface area contributed by atoms with Crippen molar-refractivity contribution in [1.29, 1.82) is 0 Å². The molecule has 2 N–H and O–H groups in total. The normalized spacial score (nSPS) is 23.6. The first-order valence-electron chi connectivity index (χ1n) is 6.16. The van der Waals surface area contributed by atoms with Gasteiger partial charge in [-0.2, -0.15) is 13.2 Å². The number of rotatable bonds is 3. The third-order valence-electron chi connectivity index (χ3n) is 3.47. The molecular weight excluding hydrogens is 323 g/mol. The molecule has 1 saturated carbocycles. The van der Waals surface area contributed by atoms with Crippen LogP contribution in [-0.2, 0) is 6.18 Å². The van der Waals surface area contributed by atoms with E-state index in [1.54, 1.807) is 0 Å². The van der Waals surface area contributed by atoms with Crippen molar-refractivity contribution in [2.45, 2.75) is 31.5 Å². The maximum Gasteiger partial charge on any atom is 0.416 e. The minimum Gasteiger partial charge on any atom is -0.393 e. The largest absolute Gasteiger partial charge is 0.416 e. The Bertz CT molecular complexity index is 450. The molecule has 1 aromatic rings. The first-order valence-corrected chi connectivity index (χ1v) is 6.96. The molecule has 0 aliphatic heterocycles. The van der Waals surface area contributed by atoms with Gasteiger partial charge in [-0.3, -0.25) is 0 Å². The minimum atomic E-state index is -4.33. The minimum absolute atomic E-state index is 0.175. The standard InChI is InChI=1S/C13H15BrF3NO/c14-10-6-9(13(15,16)17)4-5-11(10)18-7-8-2-1-3-12(8)19/h4-6,8,12,18-19H,1-3,7H2. The topological polar surface area (TPSA) is 32.3 Å². The summed E-state index contributed by atoms with van der Waals surface area (Å²) in [7, 11) is 0. The van der Waals surface area contributed by atoms with E-state index in [0.717, 1.165) is 31.4 Å². The van der Waals surface area contributed by atoms with Crippen molar-refractivity contribution < 1.29 is 18.3 Å². The number of hydrogen-bond donors (Lipinski definition) is 2. The molecular formula is C13H15BrF3NO. The number of halogens is 4. The first kappa shape index (κ1) is 14.7. The number of benzene rings is 1. The molecule has 2 nitrogen and oxygen atoms in total. The molecule has 0 amide bonds. The van der Waals surface area contributed by atoms with Gasteiger partial charge in [-0.25, -0.2) is 0 Å². The van der Waals surface area contributed by atoms with Gasteiger partial charge in [-0.15, -0.1) is 0 Å². The molecule has 0 radical (unpaired) electrons. The second-order valence-corrected chi connectivity index (χ2v) is 5.69. The summed E-state index contributed by atoms with van der Waals surface area (Å²) < 4.78 is 37.9. The molecule has 0 saturated heterocycles. The second-order valence-electron chi connectivity index (χ2n) is 4.83. The van der Waals surface area contributed by atoms with Crippen LogP contribution in [0, 0.1) is 5.92 Å². The third kappa shape index (κ3) is 3.63. The van der Waals surface area contributed by atoms with E-state index in [0.29, 0.717) is 16.7 Å². The molecule has 1 aliphatic carbocycles. The van der Waals surface area contributed by atoms with Crippen LogP contribution in [0.25, 0.3) is 0 Å². The van der Waals surface area contributed by atoms with E-state index in [1.807, 2.05) is 0 Å². The summed E-state index contributed by atoms with van der Waals surface area (Å²) in [4.78, 5) is 0. The van der Waals surface area contributed by atoms with Gasteiger partial charge in [0.25, 0.3) is 0 Å². The number of aliphatic hydroxyl groups is 1. The second kappa shape index (κ2) is 5.71. The zero-order valence-corrected chi connectivity index (χ0v) is 11.8. The molecule has 106 valence electrons. The van der Waals surface area contributed by atoms with Gasteiger partial charge in [0.1, 0.15) is 0 Å². The number of nitrogens with one attached hydrogen (secondary N) is 1. The fourth-order valence-corrected chi connectivity index (χ4v) is 2.85. The molecule has 19 heavy (non-hydrogen) atoms. The van der Waals surface area contributed by atoms with Gasteiger partial charge in [0.05, 0.1) is 11.7 Å². The quantitative estimate of drug-likeness (QED) is 0.872.